The van der Waals surface area contributed by atoms with E-state index >= 15 is 0 Å². The van der Waals surface area contributed by atoms with Crippen LogP contribution in [0.1, 0.15) is 13.8 Å². The largest absolute Gasteiger partial charge is 0.237 e. The summed E-state index contributed by atoms with van der Waals surface area (Å²) in [6, 6.07) is 7.73. The summed E-state index contributed by atoms with van der Waals surface area (Å²) in [4.78, 5) is 4.54. The molecule has 0 radical (unpaired) electrons. The molecule has 0 bridgehead atoms. The number of benzene rings is 1. The molecule has 1 aromatic carbocycles. The molecule has 0 N–H and O–H groups in total. The maximum Gasteiger partial charge on any atom is 0.200 e. The molecule has 0 aromatic heterocycles. The van der Waals surface area contributed by atoms with Crippen molar-refractivity contribution in [2.45, 2.75) is 24.0 Å². The van der Waals surface area contributed by atoms with Gasteiger partial charge in [-0.25, -0.2) is 4.85 Å². The molecule has 62 valence electrons. The Bertz CT molecular complexity index is 299. The van der Waals surface area contributed by atoms with E-state index in [0.717, 1.165) is 10.6 Å². The van der Waals surface area contributed by atoms with E-state index in [1.165, 1.54) is 0 Å². The molecule has 0 spiro atoms. The maximum absolute atomic E-state index is 6.94. The van der Waals surface area contributed by atoms with Gasteiger partial charge < -0.3 is 0 Å². The summed E-state index contributed by atoms with van der Waals surface area (Å²) < 4.78 is 0. The standard InChI is InChI=1S/C10H11NS/c1-8(2)12-10-7-5-4-6-9(10)11-3/h4-8H,1-2H3. The Hall–Kier alpha value is -0.940. The first-order chi connectivity index (χ1) is 5.74. The smallest absolute Gasteiger partial charge is 0.200 e. The highest BCUT2D eigenvalue weighted by Gasteiger charge is 2.02. The molecule has 0 aliphatic heterocycles. The minimum absolute atomic E-state index is 0.535. The molecule has 0 saturated carbocycles. The molecule has 0 fully saturated rings. The van der Waals surface area contributed by atoms with E-state index in [0.29, 0.717) is 5.25 Å². The van der Waals surface area contributed by atoms with Gasteiger partial charge in [-0.3, -0.25) is 0 Å². The van der Waals surface area contributed by atoms with Gasteiger partial charge in [0, 0.05) is 10.1 Å². The van der Waals surface area contributed by atoms with Crippen LogP contribution in [0.5, 0.6) is 0 Å². The van der Waals surface area contributed by atoms with Gasteiger partial charge in [-0.2, -0.15) is 0 Å². The van der Waals surface area contributed by atoms with Crippen molar-refractivity contribution in [1.29, 1.82) is 0 Å². The van der Waals surface area contributed by atoms with E-state index in [1.54, 1.807) is 11.8 Å². The number of hydrogen-bond donors (Lipinski definition) is 0. The monoisotopic (exact) mass is 177 g/mol. The van der Waals surface area contributed by atoms with Gasteiger partial charge in [0.05, 0.1) is 6.57 Å². The SMILES string of the molecule is [C-]#[N+]c1ccccc1SC(C)C. The molecular weight excluding hydrogens is 166 g/mol. The topological polar surface area (TPSA) is 4.36 Å². The van der Waals surface area contributed by atoms with Crippen molar-refractivity contribution in [3.63, 3.8) is 0 Å². The van der Waals surface area contributed by atoms with Crippen molar-refractivity contribution < 1.29 is 0 Å². The summed E-state index contributed by atoms with van der Waals surface area (Å²) in [6.45, 7) is 11.2. The first-order valence-electron chi connectivity index (χ1n) is 3.87. The normalized spacial score (nSPS) is 9.83. The Kier molecular flexibility index (Phi) is 3.19. The van der Waals surface area contributed by atoms with Crippen LogP contribution in [0, 0.1) is 6.57 Å². The minimum atomic E-state index is 0.535. The van der Waals surface area contributed by atoms with E-state index in [4.69, 9.17) is 6.57 Å². The van der Waals surface area contributed by atoms with Gasteiger partial charge in [0.2, 0.25) is 5.69 Å². The second-order valence-corrected chi connectivity index (χ2v) is 4.36. The van der Waals surface area contributed by atoms with Gasteiger partial charge in [-0.15, -0.1) is 11.8 Å². The van der Waals surface area contributed by atoms with Crippen molar-refractivity contribution in [3.05, 3.63) is 35.7 Å². The van der Waals surface area contributed by atoms with Crippen molar-refractivity contribution in [2.75, 3.05) is 0 Å². The number of nitrogens with zero attached hydrogens (tertiary/aromatic N) is 1. The van der Waals surface area contributed by atoms with Crippen molar-refractivity contribution in [1.82, 2.24) is 0 Å². The quantitative estimate of drug-likeness (QED) is 0.492. The van der Waals surface area contributed by atoms with Gasteiger partial charge in [0.1, 0.15) is 0 Å². The minimum Gasteiger partial charge on any atom is -0.237 e. The number of rotatable bonds is 2. The second-order valence-electron chi connectivity index (χ2n) is 2.75. The van der Waals surface area contributed by atoms with Crippen LogP contribution in [0.3, 0.4) is 0 Å². The number of para-hydroxylation sites is 1. The van der Waals surface area contributed by atoms with Crippen LogP contribution in [-0.4, -0.2) is 5.25 Å². The first-order valence-corrected chi connectivity index (χ1v) is 4.75. The molecule has 1 rings (SSSR count). The summed E-state index contributed by atoms with van der Waals surface area (Å²) in [6.07, 6.45) is 0. The molecule has 1 aromatic rings. The number of thioether (sulfide) groups is 1. The van der Waals surface area contributed by atoms with E-state index in [2.05, 4.69) is 18.7 Å². The lowest BCUT2D eigenvalue weighted by Gasteiger charge is -2.05. The van der Waals surface area contributed by atoms with Crippen LogP contribution in [0.25, 0.3) is 4.85 Å². The van der Waals surface area contributed by atoms with Crippen molar-refractivity contribution in [3.8, 4) is 0 Å². The molecule has 0 unspecified atom stereocenters. The van der Waals surface area contributed by atoms with Gasteiger partial charge >= 0.3 is 0 Å². The molecule has 0 atom stereocenters. The third-order valence-corrected chi connectivity index (χ3v) is 2.42. The average Bonchev–Trinajstić information content (AvgIpc) is 2.04. The fourth-order valence-electron chi connectivity index (χ4n) is 0.903. The van der Waals surface area contributed by atoms with Crippen LogP contribution in [-0.2, 0) is 0 Å². The Labute approximate surface area is 77.6 Å². The van der Waals surface area contributed by atoms with E-state index in [9.17, 15) is 0 Å². The van der Waals surface area contributed by atoms with Gasteiger partial charge in [0.15, 0.2) is 0 Å². The number of hydrogen-bond acceptors (Lipinski definition) is 1. The van der Waals surface area contributed by atoms with Crippen LogP contribution < -0.4 is 0 Å². The Morgan fingerprint density at radius 2 is 2.00 bits per heavy atom. The summed E-state index contributed by atoms with van der Waals surface area (Å²) in [5.41, 5.74) is 0.760. The summed E-state index contributed by atoms with van der Waals surface area (Å²) >= 11 is 1.74. The summed E-state index contributed by atoms with van der Waals surface area (Å²) in [5.74, 6) is 0. The Morgan fingerprint density at radius 3 is 2.58 bits per heavy atom. The van der Waals surface area contributed by atoms with Gasteiger partial charge in [-0.05, 0) is 0 Å². The zero-order valence-corrected chi connectivity index (χ0v) is 8.06. The molecule has 0 heterocycles. The van der Waals surface area contributed by atoms with Crippen LogP contribution in [0.4, 0.5) is 5.69 Å². The fraction of sp³-hybridized carbons (Fsp3) is 0.300. The Balaban J connectivity index is 2.91. The lowest BCUT2D eigenvalue weighted by Crippen LogP contribution is -1.85. The third kappa shape index (κ3) is 2.28. The predicted octanol–water partition coefficient (Wildman–Crippen LogP) is 3.74. The highest BCUT2D eigenvalue weighted by atomic mass is 32.2. The van der Waals surface area contributed by atoms with Crippen molar-refractivity contribution in [2.24, 2.45) is 0 Å². The molecule has 0 aliphatic rings. The molecular formula is C10H11NS. The van der Waals surface area contributed by atoms with Crippen LogP contribution in [0.2, 0.25) is 0 Å². The van der Waals surface area contributed by atoms with Crippen LogP contribution >= 0.6 is 11.8 Å². The van der Waals surface area contributed by atoms with Crippen LogP contribution in [0.15, 0.2) is 29.2 Å². The lowest BCUT2D eigenvalue weighted by molar-refractivity contribution is 1.11. The molecule has 2 heteroatoms. The fourth-order valence-corrected chi connectivity index (χ4v) is 1.80. The summed E-state index contributed by atoms with van der Waals surface area (Å²) in [5, 5.41) is 0.535. The second kappa shape index (κ2) is 4.18. The van der Waals surface area contributed by atoms with E-state index in [-0.39, 0.29) is 0 Å². The zero-order chi connectivity index (χ0) is 8.97. The lowest BCUT2D eigenvalue weighted by atomic mass is 10.3. The van der Waals surface area contributed by atoms with Crippen molar-refractivity contribution >= 4 is 17.4 Å². The Morgan fingerprint density at radius 1 is 1.33 bits per heavy atom. The van der Waals surface area contributed by atoms with E-state index < -0.39 is 0 Å². The highest BCUT2D eigenvalue weighted by Crippen LogP contribution is 2.31. The zero-order valence-electron chi connectivity index (χ0n) is 7.24. The van der Waals surface area contributed by atoms with Gasteiger partial charge in [0.25, 0.3) is 0 Å². The predicted molar refractivity (Wildman–Crippen MR) is 53.7 cm³/mol. The third-order valence-electron chi connectivity index (χ3n) is 1.35. The van der Waals surface area contributed by atoms with E-state index in [1.807, 2.05) is 24.3 Å². The summed E-state index contributed by atoms with van der Waals surface area (Å²) in [7, 11) is 0. The molecule has 0 amide bonds. The molecule has 0 saturated heterocycles. The maximum atomic E-state index is 6.94. The molecule has 0 aliphatic carbocycles. The average molecular weight is 177 g/mol. The first kappa shape index (κ1) is 9.15. The highest BCUT2D eigenvalue weighted by molar-refractivity contribution is 8.00. The van der Waals surface area contributed by atoms with Gasteiger partial charge in [-0.1, -0.05) is 38.1 Å². The molecule has 1 nitrogen and oxygen atoms in total. The molecule has 12 heavy (non-hydrogen) atoms.